The summed E-state index contributed by atoms with van der Waals surface area (Å²) in [5, 5.41) is 16.0. The smallest absolute Gasteiger partial charge is 0.148 e. The van der Waals surface area contributed by atoms with Crippen molar-refractivity contribution in [2.75, 3.05) is 23.9 Å². The summed E-state index contributed by atoms with van der Waals surface area (Å²) in [5.74, 6) is 0.815. The SMILES string of the molecule is CS(=O)(=O)CCNCc1nc(-c2ccc3ncnc(Nc4ccc5c(cnn5Cc5ccccc5)c4)c3c2)cs1. The summed E-state index contributed by atoms with van der Waals surface area (Å²) < 4.78 is 24.7. The highest BCUT2D eigenvalue weighted by Gasteiger charge is 2.11. The second-order valence-electron chi connectivity index (χ2n) is 9.57. The first kappa shape index (κ1) is 26.1. The number of benzene rings is 3. The molecule has 2 N–H and O–H groups in total. The molecule has 0 unspecified atom stereocenters. The molecule has 0 saturated heterocycles. The lowest BCUT2D eigenvalue weighted by Gasteiger charge is -2.10. The highest BCUT2D eigenvalue weighted by molar-refractivity contribution is 7.90. The zero-order valence-electron chi connectivity index (χ0n) is 21.8. The van der Waals surface area contributed by atoms with Crippen molar-refractivity contribution in [3.8, 4) is 11.3 Å². The minimum absolute atomic E-state index is 0.106. The largest absolute Gasteiger partial charge is 0.340 e. The Labute approximate surface area is 235 Å². The number of anilines is 2. The molecule has 3 heterocycles. The van der Waals surface area contributed by atoms with Gasteiger partial charge in [0, 0.05) is 46.7 Å². The summed E-state index contributed by atoms with van der Waals surface area (Å²) >= 11 is 1.54. The number of fused-ring (bicyclic) bond motifs is 2. The van der Waals surface area contributed by atoms with Gasteiger partial charge in [0.25, 0.3) is 0 Å². The number of rotatable bonds is 10. The molecule has 0 aliphatic heterocycles. The Balaban J connectivity index is 1.21. The third-order valence-corrected chi connectivity index (χ3v) is 8.28. The average molecular weight is 570 g/mol. The van der Waals surface area contributed by atoms with E-state index in [1.54, 1.807) is 17.7 Å². The van der Waals surface area contributed by atoms with Gasteiger partial charge >= 0.3 is 0 Å². The molecule has 0 amide bonds. The predicted molar refractivity (Wildman–Crippen MR) is 161 cm³/mol. The van der Waals surface area contributed by atoms with E-state index in [2.05, 4.69) is 50.0 Å². The Morgan fingerprint density at radius 1 is 1.00 bits per heavy atom. The van der Waals surface area contributed by atoms with Gasteiger partial charge in [-0.1, -0.05) is 36.4 Å². The summed E-state index contributed by atoms with van der Waals surface area (Å²) in [7, 11) is -2.99. The molecule has 0 bridgehead atoms. The van der Waals surface area contributed by atoms with E-state index in [0.717, 1.165) is 43.8 Å². The maximum absolute atomic E-state index is 11.3. The van der Waals surface area contributed by atoms with E-state index < -0.39 is 9.84 Å². The van der Waals surface area contributed by atoms with E-state index in [1.165, 1.54) is 11.8 Å². The minimum atomic E-state index is -2.99. The van der Waals surface area contributed by atoms with Gasteiger partial charge < -0.3 is 10.6 Å². The van der Waals surface area contributed by atoms with E-state index >= 15 is 0 Å². The standard InChI is InChI=1S/C29H27N7O2S2/c1-40(37,38)12-11-30-16-28-35-26(18-39-28)21-7-9-25-24(14-21)29(32-19-31-25)34-23-8-10-27-22(13-23)15-33-36(27)17-20-5-3-2-4-6-20/h2-10,13-15,18-19,30H,11-12,16-17H2,1H3,(H,31,32,34). The van der Waals surface area contributed by atoms with Crippen molar-refractivity contribution in [3.05, 3.63) is 95.2 Å². The second kappa shape index (κ2) is 11.1. The topological polar surface area (TPSA) is 115 Å². The maximum Gasteiger partial charge on any atom is 0.148 e. The minimum Gasteiger partial charge on any atom is -0.340 e. The molecule has 9 nitrogen and oxygen atoms in total. The predicted octanol–water partition coefficient (Wildman–Crippen LogP) is 5.03. The van der Waals surface area contributed by atoms with Crippen LogP contribution in [-0.4, -0.2) is 51.7 Å². The zero-order chi connectivity index (χ0) is 27.5. The molecule has 0 atom stereocenters. The first-order valence-electron chi connectivity index (χ1n) is 12.8. The van der Waals surface area contributed by atoms with Crippen LogP contribution in [0.5, 0.6) is 0 Å². The number of thiazole rings is 1. The van der Waals surface area contributed by atoms with Gasteiger partial charge in [-0.2, -0.15) is 5.10 Å². The van der Waals surface area contributed by atoms with Crippen LogP contribution < -0.4 is 10.6 Å². The molecule has 0 radical (unpaired) electrons. The number of hydrogen-bond acceptors (Lipinski definition) is 9. The number of nitrogens with one attached hydrogen (secondary N) is 2. The average Bonchev–Trinajstić information content (AvgIpc) is 3.58. The summed E-state index contributed by atoms with van der Waals surface area (Å²) in [6.07, 6.45) is 4.68. The van der Waals surface area contributed by atoms with Crippen LogP contribution in [0.15, 0.2) is 84.6 Å². The Morgan fingerprint density at radius 2 is 1.88 bits per heavy atom. The number of aromatic nitrogens is 5. The highest BCUT2D eigenvalue weighted by Crippen LogP contribution is 2.30. The first-order chi connectivity index (χ1) is 19.4. The van der Waals surface area contributed by atoms with E-state index in [-0.39, 0.29) is 5.75 Å². The lowest BCUT2D eigenvalue weighted by Crippen LogP contribution is -2.21. The molecule has 40 heavy (non-hydrogen) atoms. The third-order valence-electron chi connectivity index (χ3n) is 6.49. The molecule has 6 rings (SSSR count). The van der Waals surface area contributed by atoms with Gasteiger partial charge in [-0.25, -0.2) is 23.4 Å². The lowest BCUT2D eigenvalue weighted by atomic mass is 10.1. The molecule has 0 aliphatic rings. The van der Waals surface area contributed by atoms with Crippen LogP contribution in [0.4, 0.5) is 11.5 Å². The molecule has 0 saturated carbocycles. The van der Waals surface area contributed by atoms with E-state index in [0.29, 0.717) is 25.5 Å². The van der Waals surface area contributed by atoms with Crippen LogP contribution in [0, 0.1) is 0 Å². The van der Waals surface area contributed by atoms with Crippen LogP contribution in [-0.2, 0) is 22.9 Å². The maximum atomic E-state index is 11.3. The van der Waals surface area contributed by atoms with Gasteiger partial charge in [-0.3, -0.25) is 4.68 Å². The van der Waals surface area contributed by atoms with Gasteiger partial charge in [-0.05, 0) is 35.9 Å². The fourth-order valence-electron chi connectivity index (χ4n) is 4.48. The van der Waals surface area contributed by atoms with E-state index in [1.807, 2.05) is 58.7 Å². The Hall–Kier alpha value is -4.19. The monoisotopic (exact) mass is 569 g/mol. The van der Waals surface area contributed by atoms with Crippen LogP contribution in [0.2, 0.25) is 0 Å². The Morgan fingerprint density at radius 3 is 2.73 bits per heavy atom. The van der Waals surface area contributed by atoms with Crippen molar-refractivity contribution >= 4 is 54.5 Å². The third kappa shape index (κ3) is 6.01. The summed E-state index contributed by atoms with van der Waals surface area (Å²) in [4.78, 5) is 13.7. The molecular formula is C29H27N7O2S2. The van der Waals surface area contributed by atoms with E-state index in [4.69, 9.17) is 4.98 Å². The quantitative estimate of drug-likeness (QED) is 0.221. The fraction of sp³-hybridized carbons (Fsp3) is 0.172. The first-order valence-corrected chi connectivity index (χ1v) is 15.7. The molecule has 11 heteroatoms. The fourth-order valence-corrected chi connectivity index (χ4v) is 5.77. The van der Waals surface area contributed by atoms with Crippen molar-refractivity contribution in [1.82, 2.24) is 30.0 Å². The Kier molecular flexibility index (Phi) is 7.25. The van der Waals surface area contributed by atoms with Crippen LogP contribution >= 0.6 is 11.3 Å². The molecule has 6 aromatic rings. The highest BCUT2D eigenvalue weighted by atomic mass is 32.2. The van der Waals surface area contributed by atoms with Gasteiger partial charge in [0.05, 0.1) is 35.2 Å². The normalized spacial score (nSPS) is 11.8. The Bertz CT molecular complexity index is 1900. The number of sulfone groups is 1. The molecular weight excluding hydrogens is 543 g/mol. The number of nitrogens with zero attached hydrogens (tertiary/aromatic N) is 5. The zero-order valence-corrected chi connectivity index (χ0v) is 23.4. The van der Waals surface area contributed by atoms with E-state index in [9.17, 15) is 8.42 Å². The molecule has 0 aliphatic carbocycles. The van der Waals surface area contributed by atoms with Gasteiger partial charge in [0.1, 0.15) is 27.0 Å². The lowest BCUT2D eigenvalue weighted by molar-refractivity contribution is 0.596. The summed E-state index contributed by atoms with van der Waals surface area (Å²) in [5.41, 5.74) is 5.82. The van der Waals surface area contributed by atoms with Crippen molar-refractivity contribution in [1.29, 1.82) is 0 Å². The van der Waals surface area contributed by atoms with Crippen molar-refractivity contribution in [3.63, 3.8) is 0 Å². The van der Waals surface area contributed by atoms with Gasteiger partial charge in [0.2, 0.25) is 0 Å². The molecule has 0 spiro atoms. The summed E-state index contributed by atoms with van der Waals surface area (Å²) in [6, 6.07) is 22.5. The van der Waals surface area contributed by atoms with Crippen LogP contribution in [0.3, 0.4) is 0 Å². The molecule has 0 fully saturated rings. The van der Waals surface area contributed by atoms with Crippen molar-refractivity contribution in [2.24, 2.45) is 0 Å². The van der Waals surface area contributed by atoms with Crippen LogP contribution in [0.1, 0.15) is 10.6 Å². The number of hydrogen-bond donors (Lipinski definition) is 2. The molecule has 3 aromatic carbocycles. The second-order valence-corrected chi connectivity index (χ2v) is 12.8. The van der Waals surface area contributed by atoms with Gasteiger partial charge in [-0.15, -0.1) is 11.3 Å². The summed E-state index contributed by atoms with van der Waals surface area (Å²) in [6.45, 7) is 1.63. The van der Waals surface area contributed by atoms with Crippen molar-refractivity contribution in [2.45, 2.75) is 13.1 Å². The molecule has 202 valence electrons. The molecule has 3 aromatic heterocycles. The van der Waals surface area contributed by atoms with Gasteiger partial charge in [0.15, 0.2) is 0 Å². The van der Waals surface area contributed by atoms with Crippen LogP contribution in [0.25, 0.3) is 33.1 Å². The van der Waals surface area contributed by atoms with Crippen molar-refractivity contribution < 1.29 is 8.42 Å².